The maximum absolute atomic E-state index is 12.0. The fourth-order valence-corrected chi connectivity index (χ4v) is 2.72. The average Bonchev–Trinajstić information content (AvgIpc) is 3.14. The van der Waals surface area contributed by atoms with Crippen LogP contribution in [0.2, 0.25) is 0 Å². The summed E-state index contributed by atoms with van der Waals surface area (Å²) < 4.78 is 4.39. The lowest BCUT2D eigenvalue weighted by Gasteiger charge is -2.04. The summed E-state index contributed by atoms with van der Waals surface area (Å²) in [5.41, 5.74) is 3.27. The molecule has 3 aromatic rings. The molecule has 1 amide bonds. The molecule has 0 unspecified atom stereocenters. The number of hydrogen-bond acceptors (Lipinski definition) is 4. The molecule has 2 aromatic heterocycles. The molecule has 3 rings (SSSR count). The van der Waals surface area contributed by atoms with Crippen LogP contribution >= 0.6 is 15.9 Å². The number of amides is 1. The molecule has 0 radical (unpaired) electrons. The molecule has 0 spiro atoms. The zero-order valence-electron chi connectivity index (χ0n) is 14.1. The van der Waals surface area contributed by atoms with Crippen molar-refractivity contribution >= 4 is 27.8 Å². The number of halogens is 1. The van der Waals surface area contributed by atoms with Gasteiger partial charge in [0, 0.05) is 19.2 Å². The Morgan fingerprint density at radius 3 is 2.72 bits per heavy atom. The van der Waals surface area contributed by atoms with Crippen molar-refractivity contribution in [3.63, 3.8) is 0 Å². The molecule has 2 heterocycles. The van der Waals surface area contributed by atoms with Crippen molar-refractivity contribution in [2.24, 2.45) is 0 Å². The first-order chi connectivity index (χ1) is 12.0. The van der Waals surface area contributed by atoms with Gasteiger partial charge in [-0.2, -0.15) is 5.10 Å². The molecular weight excluding hydrogens is 384 g/mol. The van der Waals surface area contributed by atoms with Gasteiger partial charge in [0.15, 0.2) is 0 Å². The lowest BCUT2D eigenvalue weighted by Crippen LogP contribution is -2.16. The zero-order valence-corrected chi connectivity index (χ0v) is 15.7. The number of aryl methyl sites for hydroxylation is 3. The molecule has 0 saturated heterocycles. The predicted molar refractivity (Wildman–Crippen MR) is 98.2 cm³/mol. The van der Waals surface area contributed by atoms with Crippen LogP contribution in [0.4, 0.5) is 5.95 Å². The van der Waals surface area contributed by atoms with Gasteiger partial charge in [0.2, 0.25) is 11.9 Å². The van der Waals surface area contributed by atoms with Crippen molar-refractivity contribution in [3.05, 3.63) is 58.1 Å². The molecule has 0 bridgehead atoms. The van der Waals surface area contributed by atoms with E-state index in [0.717, 1.165) is 10.2 Å². The number of carbonyl (C=O) groups excluding carboxylic acids is 1. The number of hydrogen-bond donors (Lipinski definition) is 1. The van der Waals surface area contributed by atoms with Crippen LogP contribution < -0.4 is 5.32 Å². The van der Waals surface area contributed by atoms with Crippen molar-refractivity contribution in [1.82, 2.24) is 24.5 Å². The molecule has 1 N–H and O–H groups in total. The minimum atomic E-state index is -0.141. The minimum absolute atomic E-state index is 0.141. The van der Waals surface area contributed by atoms with E-state index in [-0.39, 0.29) is 5.91 Å². The highest BCUT2D eigenvalue weighted by Gasteiger charge is 2.09. The lowest BCUT2D eigenvalue weighted by atomic mass is 10.1. The van der Waals surface area contributed by atoms with Gasteiger partial charge in [-0.3, -0.25) is 14.8 Å². The Morgan fingerprint density at radius 1 is 1.20 bits per heavy atom. The third-order valence-corrected chi connectivity index (χ3v) is 4.61. The normalized spacial score (nSPS) is 10.8. The van der Waals surface area contributed by atoms with Gasteiger partial charge in [0.25, 0.3) is 0 Å². The zero-order chi connectivity index (χ0) is 17.8. The van der Waals surface area contributed by atoms with Crippen molar-refractivity contribution in [2.75, 3.05) is 5.32 Å². The second-order valence-electron chi connectivity index (χ2n) is 5.82. The van der Waals surface area contributed by atoms with Crippen LogP contribution in [0.5, 0.6) is 0 Å². The summed E-state index contributed by atoms with van der Waals surface area (Å²) in [5.74, 6) is 0.175. The molecule has 7 nitrogen and oxygen atoms in total. The Kier molecular flexibility index (Phi) is 5.28. The summed E-state index contributed by atoms with van der Waals surface area (Å²) in [7, 11) is 0. The van der Waals surface area contributed by atoms with E-state index in [4.69, 9.17) is 0 Å². The summed E-state index contributed by atoms with van der Waals surface area (Å²) in [6, 6.07) is 8.12. The van der Waals surface area contributed by atoms with Gasteiger partial charge in [-0.15, -0.1) is 5.10 Å². The van der Waals surface area contributed by atoms with Crippen molar-refractivity contribution in [1.29, 1.82) is 0 Å². The molecule has 0 fully saturated rings. The summed E-state index contributed by atoms with van der Waals surface area (Å²) in [6.45, 7) is 5.09. The maximum Gasteiger partial charge on any atom is 0.248 e. The SMILES string of the molecule is Cc1ccccc1Cn1cnc(NC(=O)CCn2cc(Br)c(C)n2)n1. The number of nitrogens with zero attached hydrogens (tertiary/aromatic N) is 5. The van der Waals surface area contributed by atoms with Crippen LogP contribution in [-0.2, 0) is 17.9 Å². The van der Waals surface area contributed by atoms with Crippen molar-refractivity contribution in [3.8, 4) is 0 Å². The quantitative estimate of drug-likeness (QED) is 0.687. The van der Waals surface area contributed by atoms with Crippen LogP contribution in [-0.4, -0.2) is 30.5 Å². The summed E-state index contributed by atoms with van der Waals surface area (Å²) in [4.78, 5) is 16.2. The third kappa shape index (κ3) is 4.54. The number of nitrogens with one attached hydrogen (secondary N) is 1. The lowest BCUT2D eigenvalue weighted by molar-refractivity contribution is -0.116. The third-order valence-electron chi connectivity index (χ3n) is 3.84. The molecule has 0 aliphatic rings. The maximum atomic E-state index is 12.0. The average molecular weight is 403 g/mol. The number of anilines is 1. The Morgan fingerprint density at radius 2 is 2.00 bits per heavy atom. The van der Waals surface area contributed by atoms with Crippen LogP contribution in [0, 0.1) is 13.8 Å². The van der Waals surface area contributed by atoms with E-state index in [9.17, 15) is 4.79 Å². The first-order valence-electron chi connectivity index (χ1n) is 7.94. The van der Waals surface area contributed by atoms with E-state index >= 15 is 0 Å². The van der Waals surface area contributed by atoms with Gasteiger partial charge in [-0.1, -0.05) is 24.3 Å². The van der Waals surface area contributed by atoms with Gasteiger partial charge in [0.05, 0.1) is 16.7 Å². The highest BCUT2D eigenvalue weighted by atomic mass is 79.9. The van der Waals surface area contributed by atoms with Crippen LogP contribution in [0.15, 0.2) is 41.3 Å². The van der Waals surface area contributed by atoms with E-state index < -0.39 is 0 Å². The van der Waals surface area contributed by atoms with E-state index in [1.807, 2.05) is 25.3 Å². The Labute approximate surface area is 154 Å². The fraction of sp³-hybridized carbons (Fsp3) is 0.294. The predicted octanol–water partition coefficient (Wildman–Crippen LogP) is 2.93. The van der Waals surface area contributed by atoms with Crippen LogP contribution in [0.3, 0.4) is 0 Å². The Hall–Kier alpha value is -2.48. The monoisotopic (exact) mass is 402 g/mol. The molecule has 25 heavy (non-hydrogen) atoms. The topological polar surface area (TPSA) is 77.6 Å². The number of carbonyl (C=O) groups is 1. The van der Waals surface area contributed by atoms with Gasteiger partial charge >= 0.3 is 0 Å². The molecular formula is C17H19BrN6O. The molecule has 1 aromatic carbocycles. The van der Waals surface area contributed by atoms with Gasteiger partial charge in [-0.25, -0.2) is 9.67 Å². The summed E-state index contributed by atoms with van der Waals surface area (Å²) in [6.07, 6.45) is 3.79. The second-order valence-corrected chi connectivity index (χ2v) is 6.67. The first kappa shape index (κ1) is 17.3. The van der Waals surface area contributed by atoms with E-state index in [1.54, 1.807) is 15.7 Å². The Bertz CT molecular complexity index is 865. The van der Waals surface area contributed by atoms with Gasteiger partial charge in [0.1, 0.15) is 6.33 Å². The van der Waals surface area contributed by atoms with Crippen LogP contribution in [0.25, 0.3) is 0 Å². The summed E-state index contributed by atoms with van der Waals surface area (Å²) in [5, 5.41) is 11.3. The van der Waals surface area contributed by atoms with Crippen LogP contribution in [0.1, 0.15) is 23.2 Å². The molecule has 8 heteroatoms. The Balaban J connectivity index is 1.54. The number of aromatic nitrogens is 5. The van der Waals surface area contributed by atoms with E-state index in [0.29, 0.717) is 25.5 Å². The molecule has 0 atom stereocenters. The van der Waals surface area contributed by atoms with Crippen molar-refractivity contribution < 1.29 is 4.79 Å². The molecule has 130 valence electrons. The first-order valence-corrected chi connectivity index (χ1v) is 8.74. The summed E-state index contributed by atoms with van der Waals surface area (Å²) >= 11 is 3.41. The number of rotatable bonds is 6. The highest BCUT2D eigenvalue weighted by molar-refractivity contribution is 9.10. The second kappa shape index (κ2) is 7.60. The molecule has 0 saturated carbocycles. The minimum Gasteiger partial charge on any atom is -0.293 e. The smallest absolute Gasteiger partial charge is 0.248 e. The van der Waals surface area contributed by atoms with E-state index in [1.165, 1.54) is 11.1 Å². The highest BCUT2D eigenvalue weighted by Crippen LogP contribution is 2.13. The molecule has 0 aliphatic carbocycles. The standard InChI is InChI=1S/C17H19BrN6O/c1-12-5-3-4-6-14(12)9-24-11-19-17(22-24)20-16(25)7-8-23-10-15(18)13(2)21-23/h3-6,10-11H,7-9H2,1-2H3,(H,20,22,25). The number of benzene rings is 1. The fourth-order valence-electron chi connectivity index (χ4n) is 2.40. The van der Waals surface area contributed by atoms with Crippen molar-refractivity contribution in [2.45, 2.75) is 33.4 Å². The van der Waals surface area contributed by atoms with Gasteiger partial charge < -0.3 is 0 Å². The van der Waals surface area contributed by atoms with Gasteiger partial charge in [-0.05, 0) is 40.9 Å². The largest absolute Gasteiger partial charge is 0.293 e. The van der Waals surface area contributed by atoms with E-state index in [2.05, 4.69) is 55.5 Å². The molecule has 0 aliphatic heterocycles.